The van der Waals surface area contributed by atoms with E-state index in [1.54, 1.807) is 18.3 Å². The molecule has 13 heteroatoms. The van der Waals surface area contributed by atoms with Crippen molar-refractivity contribution in [3.63, 3.8) is 0 Å². The Hall–Kier alpha value is -3.97. The predicted octanol–water partition coefficient (Wildman–Crippen LogP) is 3.88. The Morgan fingerprint density at radius 2 is 1.76 bits per heavy atom. The van der Waals surface area contributed by atoms with E-state index in [9.17, 15) is 22.8 Å². The Labute approximate surface area is 240 Å². The lowest BCUT2D eigenvalue weighted by atomic mass is 10.0. The highest BCUT2D eigenvalue weighted by Crippen LogP contribution is 2.37. The fourth-order valence-electron chi connectivity index (χ4n) is 5.46. The van der Waals surface area contributed by atoms with Crippen molar-refractivity contribution >= 4 is 23.1 Å². The summed E-state index contributed by atoms with van der Waals surface area (Å²) < 4.78 is 63.6. The molecule has 2 saturated heterocycles. The topological polar surface area (TPSA) is 91.7 Å². The number of ether oxygens (including phenoxy) is 1. The van der Waals surface area contributed by atoms with Crippen LogP contribution in [0.15, 0.2) is 47.5 Å². The summed E-state index contributed by atoms with van der Waals surface area (Å²) in [6, 6.07) is 6.59. The average molecular weight is 589 g/mol. The third-order valence-corrected chi connectivity index (χ3v) is 7.40. The van der Waals surface area contributed by atoms with Gasteiger partial charge in [-0.2, -0.15) is 13.2 Å². The van der Waals surface area contributed by atoms with Gasteiger partial charge in [0.1, 0.15) is 11.6 Å². The number of nitrogens with one attached hydrogen (secondary N) is 2. The Bertz CT molecular complexity index is 1530. The van der Waals surface area contributed by atoms with Gasteiger partial charge < -0.3 is 29.7 Å². The maximum atomic E-state index is 15.8. The number of rotatable bonds is 5. The molecule has 2 N–H and O–H groups in total. The molecule has 5 rings (SSSR count). The van der Waals surface area contributed by atoms with Crippen LogP contribution in [0.4, 0.5) is 34.8 Å². The van der Waals surface area contributed by atoms with Gasteiger partial charge in [0.2, 0.25) is 0 Å². The van der Waals surface area contributed by atoms with Crippen molar-refractivity contribution < 1.29 is 27.1 Å². The fourth-order valence-corrected chi connectivity index (χ4v) is 5.46. The molecule has 2 aliphatic rings. The van der Waals surface area contributed by atoms with Crippen LogP contribution in [0.1, 0.15) is 29.8 Å². The minimum Gasteiger partial charge on any atom is -0.378 e. The molecule has 0 bridgehead atoms. The second-order valence-electron chi connectivity index (χ2n) is 10.7. The molecule has 224 valence electrons. The molecule has 0 spiro atoms. The van der Waals surface area contributed by atoms with Crippen LogP contribution in [0.2, 0.25) is 0 Å². The van der Waals surface area contributed by atoms with E-state index in [0.29, 0.717) is 62.5 Å². The maximum absolute atomic E-state index is 15.8. The second kappa shape index (κ2) is 11.7. The molecule has 0 unspecified atom stereocenters. The number of morpholine rings is 1. The molecular formula is C29H32F4N6O3. The summed E-state index contributed by atoms with van der Waals surface area (Å²) in [7, 11) is 1.26. The summed E-state index contributed by atoms with van der Waals surface area (Å²) in [5.41, 5.74) is -1.84. The quantitative estimate of drug-likeness (QED) is 0.438. The number of hydrogen-bond donors (Lipinski definition) is 2. The van der Waals surface area contributed by atoms with Gasteiger partial charge >= 0.3 is 6.18 Å². The van der Waals surface area contributed by atoms with E-state index in [0.717, 1.165) is 10.8 Å². The first-order valence-electron chi connectivity index (χ1n) is 13.6. The van der Waals surface area contributed by atoms with Gasteiger partial charge in [0.15, 0.2) is 0 Å². The molecule has 2 fully saturated rings. The highest BCUT2D eigenvalue weighted by molar-refractivity contribution is 6.07. The lowest BCUT2D eigenvalue weighted by Gasteiger charge is -2.38. The standard InChI is InChI=1S/C29H32F4N6O3/c1-17-14-39(15-18(2)35-17)25-13-23(30)20(19-4-5-34-26(10-19)38-6-8-42-9-7-38)11-24(25)36-28(41)21-16-37(3)27(40)12-22(21)29(31,32)33/h4-5,10-13,16-18,35H,6-9,14-15H2,1-3H3,(H,36,41)/t17-,18+. The van der Waals surface area contributed by atoms with Crippen molar-refractivity contribution in [2.45, 2.75) is 32.1 Å². The molecule has 0 aliphatic carbocycles. The van der Waals surface area contributed by atoms with Crippen molar-refractivity contribution in [2.24, 2.45) is 7.05 Å². The van der Waals surface area contributed by atoms with Crippen molar-refractivity contribution in [3.8, 4) is 11.1 Å². The lowest BCUT2D eigenvalue weighted by Crippen LogP contribution is -2.54. The van der Waals surface area contributed by atoms with Gasteiger partial charge in [0, 0.05) is 69.3 Å². The van der Waals surface area contributed by atoms with E-state index < -0.39 is 34.6 Å². The molecule has 0 radical (unpaired) electrons. The maximum Gasteiger partial charge on any atom is 0.417 e. The number of aromatic nitrogens is 2. The van der Waals surface area contributed by atoms with E-state index >= 15 is 4.39 Å². The Morgan fingerprint density at radius 1 is 1.07 bits per heavy atom. The molecule has 1 amide bonds. The van der Waals surface area contributed by atoms with Gasteiger partial charge in [-0.1, -0.05) is 0 Å². The first kappa shape index (κ1) is 29.5. The number of benzene rings is 1. The highest BCUT2D eigenvalue weighted by Gasteiger charge is 2.36. The van der Waals surface area contributed by atoms with Gasteiger partial charge in [-0.25, -0.2) is 9.37 Å². The number of anilines is 3. The van der Waals surface area contributed by atoms with E-state index in [4.69, 9.17) is 4.74 Å². The van der Waals surface area contributed by atoms with Crippen LogP contribution < -0.4 is 26.0 Å². The summed E-state index contributed by atoms with van der Waals surface area (Å²) in [6.07, 6.45) is -2.52. The van der Waals surface area contributed by atoms with Crippen molar-refractivity contribution in [1.82, 2.24) is 14.9 Å². The van der Waals surface area contributed by atoms with Crippen molar-refractivity contribution in [3.05, 3.63) is 70.0 Å². The third kappa shape index (κ3) is 6.26. The molecule has 0 saturated carbocycles. The van der Waals surface area contributed by atoms with Crippen molar-refractivity contribution in [1.29, 1.82) is 0 Å². The summed E-state index contributed by atoms with van der Waals surface area (Å²) >= 11 is 0. The van der Waals surface area contributed by atoms with Crippen molar-refractivity contribution in [2.75, 3.05) is 54.5 Å². The highest BCUT2D eigenvalue weighted by atomic mass is 19.4. The van der Waals surface area contributed by atoms with Gasteiger partial charge in [-0.3, -0.25) is 9.59 Å². The lowest BCUT2D eigenvalue weighted by molar-refractivity contribution is -0.138. The van der Waals surface area contributed by atoms with Crippen LogP contribution in [-0.2, 0) is 18.0 Å². The smallest absolute Gasteiger partial charge is 0.378 e. The SMILES string of the molecule is C[C@@H]1CN(c2cc(F)c(-c3ccnc(N4CCOCC4)c3)cc2NC(=O)c2cn(C)c(=O)cc2C(F)(F)F)C[C@H](C)N1. The van der Waals surface area contributed by atoms with Crippen LogP contribution in [0.25, 0.3) is 11.1 Å². The summed E-state index contributed by atoms with van der Waals surface area (Å²) in [4.78, 5) is 33.7. The number of aryl methyl sites for hydroxylation is 1. The van der Waals surface area contributed by atoms with Crippen LogP contribution in [0.3, 0.4) is 0 Å². The molecule has 3 aromatic rings. The van der Waals surface area contributed by atoms with Crippen LogP contribution in [0.5, 0.6) is 0 Å². The molecule has 2 atom stereocenters. The normalized spacial score (nSPS) is 19.6. The van der Waals surface area contributed by atoms with E-state index in [1.807, 2.05) is 23.6 Å². The zero-order chi connectivity index (χ0) is 30.2. The predicted molar refractivity (Wildman–Crippen MR) is 152 cm³/mol. The van der Waals surface area contributed by atoms with E-state index in [-0.39, 0.29) is 23.3 Å². The molecule has 42 heavy (non-hydrogen) atoms. The number of pyridine rings is 2. The number of nitrogens with zero attached hydrogens (tertiary/aromatic N) is 4. The summed E-state index contributed by atoms with van der Waals surface area (Å²) in [5.74, 6) is -0.995. The minimum atomic E-state index is -4.94. The molecule has 1 aromatic carbocycles. The Morgan fingerprint density at radius 3 is 2.43 bits per heavy atom. The molecule has 2 aliphatic heterocycles. The number of carbonyl (C=O) groups is 1. The zero-order valence-corrected chi connectivity index (χ0v) is 23.5. The minimum absolute atomic E-state index is 0.0387. The van der Waals surface area contributed by atoms with Gasteiger partial charge in [0.25, 0.3) is 11.5 Å². The van der Waals surface area contributed by atoms with Gasteiger partial charge in [-0.05, 0) is 43.7 Å². The number of hydrogen-bond acceptors (Lipinski definition) is 7. The number of alkyl halides is 3. The Kier molecular flexibility index (Phi) is 8.24. The van der Waals surface area contributed by atoms with E-state index in [2.05, 4.69) is 15.6 Å². The molecule has 4 heterocycles. The first-order chi connectivity index (χ1) is 19.9. The van der Waals surface area contributed by atoms with Crippen LogP contribution >= 0.6 is 0 Å². The monoisotopic (exact) mass is 588 g/mol. The molecule has 2 aromatic heterocycles. The van der Waals surface area contributed by atoms with Gasteiger partial charge in [0.05, 0.1) is 35.7 Å². The average Bonchev–Trinajstić information content (AvgIpc) is 2.94. The summed E-state index contributed by atoms with van der Waals surface area (Å²) in [5, 5.41) is 5.99. The zero-order valence-electron chi connectivity index (χ0n) is 23.5. The number of amides is 1. The number of carbonyl (C=O) groups excluding carboxylic acids is 1. The molecule has 9 nitrogen and oxygen atoms in total. The van der Waals surface area contributed by atoms with Gasteiger partial charge in [-0.15, -0.1) is 0 Å². The van der Waals surface area contributed by atoms with Crippen LogP contribution in [0, 0.1) is 5.82 Å². The van der Waals surface area contributed by atoms with Crippen LogP contribution in [-0.4, -0.2) is 66.9 Å². The second-order valence-corrected chi connectivity index (χ2v) is 10.7. The number of halogens is 4. The number of piperazine rings is 1. The fraction of sp³-hybridized carbons (Fsp3) is 0.414. The Balaban J connectivity index is 1.59. The van der Waals surface area contributed by atoms with E-state index in [1.165, 1.54) is 19.2 Å². The first-order valence-corrected chi connectivity index (χ1v) is 13.6. The molecular weight excluding hydrogens is 556 g/mol. The third-order valence-electron chi connectivity index (χ3n) is 7.40. The summed E-state index contributed by atoms with van der Waals surface area (Å²) in [6.45, 7) is 7.23. The largest absolute Gasteiger partial charge is 0.417 e.